The van der Waals surface area contributed by atoms with Crippen LogP contribution in [0.5, 0.6) is 0 Å². The van der Waals surface area contributed by atoms with Gasteiger partial charge in [0, 0.05) is 6.42 Å². The van der Waals surface area contributed by atoms with Crippen molar-refractivity contribution in [1.29, 1.82) is 0 Å². The summed E-state index contributed by atoms with van der Waals surface area (Å²) in [5, 5.41) is 6.80. The predicted molar refractivity (Wildman–Crippen MR) is 75.7 cm³/mol. The Labute approximate surface area is 119 Å². The number of allylic oxidation sites excluding steroid dienone is 2. The van der Waals surface area contributed by atoms with Crippen LogP contribution in [0.2, 0.25) is 0 Å². The summed E-state index contributed by atoms with van der Waals surface area (Å²) in [6, 6.07) is 0. The molecule has 1 fully saturated rings. The molecule has 0 saturated heterocycles. The van der Waals surface area contributed by atoms with Gasteiger partial charge in [0.2, 0.25) is 0 Å². The lowest BCUT2D eigenvalue weighted by atomic mass is 10.1. The van der Waals surface area contributed by atoms with Crippen LogP contribution in [0.15, 0.2) is 11.6 Å². The number of carbonyl (C=O) groups is 1. The summed E-state index contributed by atoms with van der Waals surface area (Å²) in [4.78, 5) is 16.4. The SMILES string of the molecule is CCc1n[nH]c(COC(=O)[C@H]2[C@H](C=C(C)C)C2(C)C)n1. The van der Waals surface area contributed by atoms with Crippen LogP contribution in [0.4, 0.5) is 0 Å². The Bertz CT molecular complexity index is 527. The molecule has 0 aromatic carbocycles. The summed E-state index contributed by atoms with van der Waals surface area (Å²) in [6.07, 6.45) is 2.93. The zero-order valence-corrected chi connectivity index (χ0v) is 12.9. The monoisotopic (exact) mass is 277 g/mol. The number of H-pyrrole nitrogens is 1. The smallest absolute Gasteiger partial charge is 0.310 e. The summed E-state index contributed by atoms with van der Waals surface area (Å²) in [5.74, 6) is 1.43. The standard InChI is InChI=1S/C15H23N3O2/c1-6-11-16-12(18-17-11)8-20-14(19)13-10(7-9(2)3)15(13,4)5/h7,10,13H,6,8H2,1-5H3,(H,16,17,18)/t10-,13+/m0/s1. The zero-order valence-electron chi connectivity index (χ0n) is 12.9. The van der Waals surface area contributed by atoms with E-state index in [0.717, 1.165) is 12.2 Å². The lowest BCUT2D eigenvalue weighted by Crippen LogP contribution is -2.11. The lowest BCUT2D eigenvalue weighted by molar-refractivity contribution is -0.147. The van der Waals surface area contributed by atoms with E-state index >= 15 is 0 Å². The van der Waals surface area contributed by atoms with Gasteiger partial charge in [-0.1, -0.05) is 32.4 Å². The van der Waals surface area contributed by atoms with Gasteiger partial charge in [-0.3, -0.25) is 9.89 Å². The molecule has 5 heteroatoms. The molecule has 2 rings (SSSR count). The second kappa shape index (κ2) is 5.38. The van der Waals surface area contributed by atoms with Crippen LogP contribution in [0.1, 0.15) is 46.3 Å². The molecule has 0 aliphatic heterocycles. The Balaban J connectivity index is 1.91. The van der Waals surface area contributed by atoms with Gasteiger partial charge in [0.05, 0.1) is 5.92 Å². The first-order valence-electron chi connectivity index (χ1n) is 7.08. The molecular formula is C15H23N3O2. The number of hydrogen-bond donors (Lipinski definition) is 1. The average Bonchev–Trinajstić information content (AvgIpc) is 2.77. The highest BCUT2D eigenvalue weighted by atomic mass is 16.5. The van der Waals surface area contributed by atoms with Crippen molar-refractivity contribution in [3.05, 3.63) is 23.3 Å². The van der Waals surface area contributed by atoms with Crippen LogP contribution >= 0.6 is 0 Å². The van der Waals surface area contributed by atoms with Gasteiger partial charge < -0.3 is 4.74 Å². The molecule has 0 radical (unpaired) electrons. The first kappa shape index (κ1) is 14.8. The summed E-state index contributed by atoms with van der Waals surface area (Å²) < 4.78 is 5.36. The van der Waals surface area contributed by atoms with Gasteiger partial charge in [-0.2, -0.15) is 5.10 Å². The number of aromatic amines is 1. The maximum Gasteiger partial charge on any atom is 0.310 e. The molecule has 110 valence electrons. The maximum atomic E-state index is 12.1. The van der Waals surface area contributed by atoms with Crippen molar-refractivity contribution in [2.75, 3.05) is 0 Å². The van der Waals surface area contributed by atoms with Crippen molar-refractivity contribution in [3.8, 4) is 0 Å². The summed E-state index contributed by atoms with van der Waals surface area (Å²) in [5.41, 5.74) is 1.23. The van der Waals surface area contributed by atoms with E-state index < -0.39 is 0 Å². The Hall–Kier alpha value is -1.65. The number of nitrogens with one attached hydrogen (secondary N) is 1. The molecule has 1 aliphatic rings. The molecule has 1 N–H and O–H groups in total. The second-order valence-corrected chi connectivity index (χ2v) is 6.23. The molecule has 0 bridgehead atoms. The molecule has 1 saturated carbocycles. The van der Waals surface area contributed by atoms with Crippen molar-refractivity contribution in [2.45, 2.75) is 47.6 Å². The van der Waals surface area contributed by atoms with Crippen LogP contribution in [0.25, 0.3) is 0 Å². The predicted octanol–water partition coefficient (Wildman–Crippen LogP) is 2.65. The largest absolute Gasteiger partial charge is 0.457 e. The van der Waals surface area contributed by atoms with E-state index in [1.54, 1.807) is 0 Å². The Morgan fingerprint density at radius 2 is 2.15 bits per heavy atom. The number of rotatable bonds is 5. The zero-order chi connectivity index (χ0) is 14.9. The molecule has 5 nitrogen and oxygen atoms in total. The molecule has 0 amide bonds. The van der Waals surface area contributed by atoms with Crippen LogP contribution in [0, 0.1) is 17.3 Å². The van der Waals surface area contributed by atoms with Crippen molar-refractivity contribution in [3.63, 3.8) is 0 Å². The molecule has 2 atom stereocenters. The molecule has 20 heavy (non-hydrogen) atoms. The fourth-order valence-electron chi connectivity index (χ4n) is 2.58. The normalized spacial score (nSPS) is 23.2. The molecular weight excluding hydrogens is 254 g/mol. The van der Waals surface area contributed by atoms with Crippen molar-refractivity contribution >= 4 is 5.97 Å². The number of hydrogen-bond acceptors (Lipinski definition) is 4. The van der Waals surface area contributed by atoms with E-state index in [9.17, 15) is 4.79 Å². The number of carbonyl (C=O) groups excluding carboxylic acids is 1. The fourth-order valence-corrected chi connectivity index (χ4v) is 2.58. The fraction of sp³-hybridized carbons (Fsp3) is 0.667. The van der Waals surface area contributed by atoms with Crippen LogP contribution in [0.3, 0.4) is 0 Å². The number of esters is 1. The van der Waals surface area contributed by atoms with E-state index in [1.165, 1.54) is 5.57 Å². The summed E-state index contributed by atoms with van der Waals surface area (Å²) >= 11 is 0. The third-order valence-corrected chi connectivity index (χ3v) is 3.92. The van der Waals surface area contributed by atoms with Crippen LogP contribution in [-0.4, -0.2) is 21.2 Å². The van der Waals surface area contributed by atoms with E-state index in [2.05, 4.69) is 49.0 Å². The van der Waals surface area contributed by atoms with E-state index in [-0.39, 0.29) is 29.8 Å². The van der Waals surface area contributed by atoms with Crippen molar-refractivity contribution in [1.82, 2.24) is 15.2 Å². The number of nitrogens with zero attached hydrogens (tertiary/aromatic N) is 2. The second-order valence-electron chi connectivity index (χ2n) is 6.23. The minimum atomic E-state index is -0.146. The molecule has 1 aliphatic carbocycles. The van der Waals surface area contributed by atoms with Gasteiger partial charge >= 0.3 is 5.97 Å². The Morgan fingerprint density at radius 3 is 2.70 bits per heavy atom. The minimum Gasteiger partial charge on any atom is -0.457 e. The first-order chi connectivity index (χ1) is 9.36. The first-order valence-corrected chi connectivity index (χ1v) is 7.08. The summed E-state index contributed by atoms with van der Waals surface area (Å²) in [7, 11) is 0. The van der Waals surface area contributed by atoms with Gasteiger partial charge in [0.25, 0.3) is 0 Å². The van der Waals surface area contributed by atoms with Crippen LogP contribution < -0.4 is 0 Å². The van der Waals surface area contributed by atoms with Crippen molar-refractivity contribution < 1.29 is 9.53 Å². The van der Waals surface area contributed by atoms with Gasteiger partial charge in [-0.15, -0.1) is 0 Å². The third kappa shape index (κ3) is 2.92. The highest BCUT2D eigenvalue weighted by Gasteiger charge is 2.61. The minimum absolute atomic E-state index is 0.00958. The van der Waals surface area contributed by atoms with Gasteiger partial charge in [0.15, 0.2) is 18.3 Å². The maximum absolute atomic E-state index is 12.1. The lowest BCUT2D eigenvalue weighted by Gasteiger charge is -2.03. The molecule has 1 aromatic heterocycles. The van der Waals surface area contributed by atoms with Crippen molar-refractivity contribution in [2.24, 2.45) is 17.3 Å². The Kier molecular flexibility index (Phi) is 3.97. The number of aromatic nitrogens is 3. The molecule has 0 unspecified atom stereocenters. The quantitative estimate of drug-likeness (QED) is 0.663. The highest BCUT2D eigenvalue weighted by Crippen LogP contribution is 2.59. The van der Waals surface area contributed by atoms with Gasteiger partial charge in [-0.25, -0.2) is 4.98 Å². The third-order valence-electron chi connectivity index (χ3n) is 3.92. The molecule has 1 aromatic rings. The van der Waals surface area contributed by atoms with E-state index in [0.29, 0.717) is 5.82 Å². The topological polar surface area (TPSA) is 67.9 Å². The van der Waals surface area contributed by atoms with Gasteiger partial charge in [-0.05, 0) is 25.2 Å². The van der Waals surface area contributed by atoms with Gasteiger partial charge in [0.1, 0.15) is 0 Å². The Morgan fingerprint density at radius 1 is 1.45 bits per heavy atom. The highest BCUT2D eigenvalue weighted by molar-refractivity contribution is 5.78. The summed E-state index contributed by atoms with van der Waals surface area (Å²) in [6.45, 7) is 10.5. The van der Waals surface area contributed by atoms with Crippen LogP contribution in [-0.2, 0) is 22.6 Å². The number of aryl methyl sites for hydroxylation is 1. The van der Waals surface area contributed by atoms with E-state index in [4.69, 9.17) is 4.74 Å². The molecule has 1 heterocycles. The van der Waals surface area contributed by atoms with E-state index in [1.807, 2.05) is 6.92 Å². The number of ether oxygens (including phenoxy) is 1. The average molecular weight is 277 g/mol. The molecule has 0 spiro atoms.